The van der Waals surface area contributed by atoms with Crippen molar-refractivity contribution in [2.45, 2.75) is 6.10 Å². The molecule has 2 heterocycles. The molecule has 2 aromatic heterocycles. The van der Waals surface area contributed by atoms with Crippen LogP contribution in [0.3, 0.4) is 0 Å². The Kier molecular flexibility index (Phi) is 2.39. The SMILES string of the molecule is OC(c1ncc[nH]1)c1cc2cccc(Cl)c2o1. The number of imidazole rings is 1. The van der Waals surface area contributed by atoms with Gasteiger partial charge >= 0.3 is 0 Å². The van der Waals surface area contributed by atoms with Gasteiger partial charge in [-0.1, -0.05) is 23.7 Å². The first kappa shape index (κ1) is 10.4. The number of aromatic nitrogens is 2. The van der Waals surface area contributed by atoms with Crippen LogP contribution in [0.5, 0.6) is 0 Å². The molecule has 2 N–H and O–H groups in total. The van der Waals surface area contributed by atoms with Gasteiger partial charge in [0, 0.05) is 17.8 Å². The Bertz CT molecular complexity index is 646. The number of benzene rings is 1. The lowest BCUT2D eigenvalue weighted by Crippen LogP contribution is -1.99. The maximum absolute atomic E-state index is 10.0. The Morgan fingerprint density at radius 2 is 2.29 bits per heavy atom. The fraction of sp³-hybridized carbons (Fsp3) is 0.0833. The predicted molar refractivity (Wildman–Crippen MR) is 63.9 cm³/mol. The lowest BCUT2D eigenvalue weighted by Gasteiger charge is -2.02. The molecule has 1 unspecified atom stereocenters. The van der Waals surface area contributed by atoms with Gasteiger partial charge in [0.25, 0.3) is 0 Å². The van der Waals surface area contributed by atoms with Crippen molar-refractivity contribution in [3.8, 4) is 0 Å². The Labute approximate surface area is 102 Å². The number of halogens is 1. The number of hydrogen-bond acceptors (Lipinski definition) is 3. The molecule has 0 aliphatic rings. The zero-order valence-corrected chi connectivity index (χ0v) is 9.48. The summed E-state index contributed by atoms with van der Waals surface area (Å²) >= 11 is 6.00. The quantitative estimate of drug-likeness (QED) is 0.733. The number of nitrogens with zero attached hydrogens (tertiary/aromatic N) is 1. The summed E-state index contributed by atoms with van der Waals surface area (Å²) in [6.07, 6.45) is 2.32. The van der Waals surface area contributed by atoms with Crippen molar-refractivity contribution in [3.05, 3.63) is 53.3 Å². The zero-order valence-electron chi connectivity index (χ0n) is 8.72. The minimum atomic E-state index is -0.909. The number of H-pyrrole nitrogens is 1. The standard InChI is InChI=1S/C12H9ClN2O2/c13-8-3-1-2-7-6-9(17-11(7)8)10(16)12-14-4-5-15-12/h1-6,10,16H,(H,14,15). The largest absolute Gasteiger partial charge is 0.456 e. The number of aliphatic hydroxyl groups is 1. The third-order valence-corrected chi connectivity index (χ3v) is 2.86. The number of rotatable bonds is 2. The van der Waals surface area contributed by atoms with E-state index in [-0.39, 0.29) is 0 Å². The molecule has 0 amide bonds. The molecule has 1 atom stereocenters. The molecule has 1 aromatic carbocycles. The van der Waals surface area contributed by atoms with Gasteiger partial charge in [-0.3, -0.25) is 0 Å². The van der Waals surface area contributed by atoms with Gasteiger partial charge in [-0.25, -0.2) is 4.98 Å². The first-order valence-electron chi connectivity index (χ1n) is 5.11. The second kappa shape index (κ2) is 3.91. The molecule has 0 aliphatic carbocycles. The van der Waals surface area contributed by atoms with Crippen molar-refractivity contribution >= 4 is 22.6 Å². The highest BCUT2D eigenvalue weighted by molar-refractivity contribution is 6.34. The van der Waals surface area contributed by atoms with Crippen molar-refractivity contribution < 1.29 is 9.52 Å². The van der Waals surface area contributed by atoms with Crippen molar-refractivity contribution in [3.63, 3.8) is 0 Å². The van der Waals surface area contributed by atoms with Crippen LogP contribution < -0.4 is 0 Å². The van der Waals surface area contributed by atoms with Crippen molar-refractivity contribution in [2.75, 3.05) is 0 Å². The molecule has 0 saturated carbocycles. The molecule has 3 aromatic rings. The first-order valence-corrected chi connectivity index (χ1v) is 5.49. The zero-order chi connectivity index (χ0) is 11.8. The molecular weight excluding hydrogens is 240 g/mol. The van der Waals surface area contributed by atoms with Gasteiger partial charge < -0.3 is 14.5 Å². The monoisotopic (exact) mass is 248 g/mol. The Hall–Kier alpha value is -1.78. The minimum Gasteiger partial charge on any atom is -0.456 e. The van der Waals surface area contributed by atoms with Crippen molar-refractivity contribution in [2.24, 2.45) is 0 Å². The molecule has 0 fully saturated rings. The minimum absolute atomic E-state index is 0.419. The summed E-state index contributed by atoms with van der Waals surface area (Å²) in [5, 5.41) is 11.4. The van der Waals surface area contributed by atoms with E-state index in [2.05, 4.69) is 9.97 Å². The average molecular weight is 249 g/mol. The van der Waals surface area contributed by atoms with Crippen LogP contribution >= 0.6 is 11.6 Å². The molecule has 5 heteroatoms. The normalized spacial score (nSPS) is 13.1. The molecular formula is C12H9ClN2O2. The molecule has 0 spiro atoms. The summed E-state index contributed by atoms with van der Waals surface area (Å²) in [6.45, 7) is 0. The topological polar surface area (TPSA) is 62.1 Å². The van der Waals surface area contributed by atoms with Crippen LogP contribution in [-0.2, 0) is 0 Å². The lowest BCUT2D eigenvalue weighted by atomic mass is 10.2. The highest BCUT2D eigenvalue weighted by Crippen LogP contribution is 2.30. The summed E-state index contributed by atoms with van der Waals surface area (Å²) in [5.41, 5.74) is 0.578. The van der Waals surface area contributed by atoms with E-state index < -0.39 is 6.10 Å². The van der Waals surface area contributed by atoms with Crippen LogP contribution in [-0.4, -0.2) is 15.1 Å². The van der Waals surface area contributed by atoms with Gasteiger partial charge in [0.1, 0.15) is 11.6 Å². The van der Waals surface area contributed by atoms with Crippen LogP contribution in [0.2, 0.25) is 5.02 Å². The molecule has 0 radical (unpaired) electrons. The number of nitrogens with one attached hydrogen (secondary N) is 1. The van der Waals surface area contributed by atoms with Crippen LogP contribution in [0, 0.1) is 0 Å². The molecule has 17 heavy (non-hydrogen) atoms. The van der Waals surface area contributed by atoms with Crippen molar-refractivity contribution in [1.29, 1.82) is 0 Å². The Balaban J connectivity index is 2.10. The summed E-state index contributed by atoms with van der Waals surface area (Å²) in [5.74, 6) is 0.864. The van der Waals surface area contributed by atoms with E-state index in [4.69, 9.17) is 16.0 Å². The van der Waals surface area contributed by atoms with Gasteiger partial charge in [0.2, 0.25) is 0 Å². The lowest BCUT2D eigenvalue weighted by molar-refractivity contribution is 0.183. The molecule has 86 valence electrons. The average Bonchev–Trinajstić information content (AvgIpc) is 2.98. The van der Waals surface area contributed by atoms with Gasteiger partial charge in [-0.15, -0.1) is 0 Å². The third-order valence-electron chi connectivity index (χ3n) is 2.56. The van der Waals surface area contributed by atoms with Crippen LogP contribution in [0.25, 0.3) is 11.0 Å². The van der Waals surface area contributed by atoms with Crippen LogP contribution in [0.1, 0.15) is 17.7 Å². The summed E-state index contributed by atoms with van der Waals surface area (Å²) in [6, 6.07) is 7.22. The first-order chi connectivity index (χ1) is 8.25. The van der Waals surface area contributed by atoms with E-state index in [1.165, 1.54) is 0 Å². The molecule has 0 saturated heterocycles. The fourth-order valence-electron chi connectivity index (χ4n) is 1.74. The van der Waals surface area contributed by atoms with E-state index >= 15 is 0 Å². The maximum Gasteiger partial charge on any atom is 0.169 e. The van der Waals surface area contributed by atoms with Gasteiger partial charge in [-0.2, -0.15) is 0 Å². The number of aromatic amines is 1. The van der Waals surface area contributed by atoms with E-state index in [1.807, 2.05) is 12.1 Å². The van der Waals surface area contributed by atoms with Gasteiger partial charge in [0.05, 0.1) is 5.02 Å². The summed E-state index contributed by atoms with van der Waals surface area (Å²) in [4.78, 5) is 6.83. The van der Waals surface area contributed by atoms with Crippen LogP contribution in [0.15, 0.2) is 41.1 Å². The number of fused-ring (bicyclic) bond motifs is 1. The molecule has 4 nitrogen and oxygen atoms in total. The third kappa shape index (κ3) is 1.71. The molecule has 0 aliphatic heterocycles. The highest BCUT2D eigenvalue weighted by atomic mass is 35.5. The second-order valence-electron chi connectivity index (χ2n) is 3.68. The highest BCUT2D eigenvalue weighted by Gasteiger charge is 2.18. The van der Waals surface area contributed by atoms with E-state index in [9.17, 15) is 5.11 Å². The van der Waals surface area contributed by atoms with Gasteiger partial charge in [0.15, 0.2) is 11.7 Å². The number of aliphatic hydroxyl groups excluding tert-OH is 1. The van der Waals surface area contributed by atoms with Crippen LogP contribution in [0.4, 0.5) is 0 Å². The summed E-state index contributed by atoms with van der Waals surface area (Å²) in [7, 11) is 0. The second-order valence-corrected chi connectivity index (χ2v) is 4.09. The van der Waals surface area contributed by atoms with E-state index in [0.29, 0.717) is 22.2 Å². The molecule has 3 rings (SSSR count). The number of hydrogen-bond donors (Lipinski definition) is 2. The smallest absolute Gasteiger partial charge is 0.169 e. The van der Waals surface area contributed by atoms with Crippen molar-refractivity contribution in [1.82, 2.24) is 9.97 Å². The maximum atomic E-state index is 10.0. The Morgan fingerprint density at radius 3 is 3.00 bits per heavy atom. The van der Waals surface area contributed by atoms with E-state index in [0.717, 1.165) is 5.39 Å². The predicted octanol–water partition coefficient (Wildman–Crippen LogP) is 2.89. The summed E-state index contributed by atoms with van der Waals surface area (Å²) < 4.78 is 5.54. The molecule has 0 bridgehead atoms. The number of furan rings is 1. The van der Waals surface area contributed by atoms with E-state index in [1.54, 1.807) is 24.5 Å². The number of para-hydroxylation sites is 1. The Morgan fingerprint density at radius 1 is 1.41 bits per heavy atom. The van der Waals surface area contributed by atoms with Gasteiger partial charge in [-0.05, 0) is 12.1 Å². The fourth-order valence-corrected chi connectivity index (χ4v) is 1.96.